The lowest BCUT2D eigenvalue weighted by atomic mass is 9.96. The lowest BCUT2D eigenvalue weighted by molar-refractivity contribution is 0.222. The first kappa shape index (κ1) is 13.3. The minimum atomic E-state index is 0.513. The molecule has 2 N–H and O–H groups in total. The molecule has 1 fully saturated rings. The van der Waals surface area contributed by atoms with Crippen molar-refractivity contribution in [3.63, 3.8) is 0 Å². The van der Waals surface area contributed by atoms with Crippen LogP contribution in [0.4, 0.5) is 5.69 Å². The first-order chi connectivity index (χ1) is 8.69. The van der Waals surface area contributed by atoms with Crippen LogP contribution in [0, 0.1) is 5.92 Å². The molecular formula is C14H24N4. The summed E-state index contributed by atoms with van der Waals surface area (Å²) >= 11 is 0. The Balaban J connectivity index is 1.88. The van der Waals surface area contributed by atoms with E-state index in [1.54, 1.807) is 0 Å². The van der Waals surface area contributed by atoms with Crippen molar-refractivity contribution in [1.29, 1.82) is 0 Å². The maximum Gasteiger partial charge on any atom is 0.0550 e. The van der Waals surface area contributed by atoms with Crippen molar-refractivity contribution in [2.24, 2.45) is 11.7 Å². The molecule has 0 spiro atoms. The summed E-state index contributed by atoms with van der Waals surface area (Å²) in [7, 11) is 4.35. The Hall–Kier alpha value is -1.13. The maximum absolute atomic E-state index is 5.56. The van der Waals surface area contributed by atoms with E-state index in [1.165, 1.54) is 31.6 Å². The van der Waals surface area contributed by atoms with Crippen molar-refractivity contribution in [2.75, 3.05) is 38.6 Å². The molecule has 2 rings (SSSR count). The van der Waals surface area contributed by atoms with Crippen LogP contribution in [0.15, 0.2) is 18.3 Å². The van der Waals surface area contributed by atoms with Gasteiger partial charge in [-0.15, -0.1) is 0 Å². The summed E-state index contributed by atoms with van der Waals surface area (Å²) in [5.74, 6) is 0.806. The van der Waals surface area contributed by atoms with Crippen molar-refractivity contribution < 1.29 is 0 Å². The zero-order chi connectivity index (χ0) is 13.0. The number of rotatable bonds is 4. The molecule has 1 saturated heterocycles. The Kier molecular flexibility index (Phi) is 4.55. The van der Waals surface area contributed by atoms with Gasteiger partial charge in [0.1, 0.15) is 0 Å². The average Bonchev–Trinajstić information content (AvgIpc) is 2.41. The second kappa shape index (κ2) is 6.16. The number of nitrogens with zero attached hydrogens (tertiary/aromatic N) is 3. The van der Waals surface area contributed by atoms with E-state index >= 15 is 0 Å². The molecule has 1 aromatic heterocycles. The van der Waals surface area contributed by atoms with Crippen LogP contribution in [0.5, 0.6) is 0 Å². The lowest BCUT2D eigenvalue weighted by Gasteiger charge is -2.32. The van der Waals surface area contributed by atoms with E-state index in [4.69, 9.17) is 5.73 Å². The molecule has 100 valence electrons. The summed E-state index contributed by atoms with van der Waals surface area (Å²) in [5.41, 5.74) is 7.69. The van der Waals surface area contributed by atoms with Crippen LogP contribution in [0.2, 0.25) is 0 Å². The van der Waals surface area contributed by atoms with E-state index in [-0.39, 0.29) is 0 Å². The highest BCUT2D eigenvalue weighted by Gasteiger charge is 2.18. The van der Waals surface area contributed by atoms with Crippen molar-refractivity contribution in [3.8, 4) is 0 Å². The fourth-order valence-electron chi connectivity index (χ4n) is 2.50. The highest BCUT2D eigenvalue weighted by atomic mass is 15.1. The molecule has 1 aliphatic rings. The predicted molar refractivity (Wildman–Crippen MR) is 75.6 cm³/mol. The van der Waals surface area contributed by atoms with Crippen LogP contribution in [-0.4, -0.2) is 43.6 Å². The van der Waals surface area contributed by atoms with Crippen LogP contribution >= 0.6 is 0 Å². The Morgan fingerprint density at radius 3 is 2.67 bits per heavy atom. The highest BCUT2D eigenvalue weighted by molar-refractivity contribution is 5.43. The molecule has 1 aliphatic heterocycles. The molecule has 0 saturated carbocycles. The smallest absolute Gasteiger partial charge is 0.0550 e. The normalized spacial score (nSPS) is 17.9. The number of hydrogen-bond donors (Lipinski definition) is 1. The summed E-state index contributed by atoms with van der Waals surface area (Å²) < 4.78 is 0. The fraction of sp³-hybridized carbons (Fsp3) is 0.643. The molecule has 4 nitrogen and oxygen atoms in total. The van der Waals surface area contributed by atoms with E-state index in [0.29, 0.717) is 6.54 Å². The lowest BCUT2D eigenvalue weighted by Crippen LogP contribution is -2.35. The Labute approximate surface area is 110 Å². The zero-order valence-corrected chi connectivity index (χ0v) is 11.5. The summed E-state index contributed by atoms with van der Waals surface area (Å²) in [6, 6.07) is 4.13. The third-order valence-electron chi connectivity index (χ3n) is 3.83. The number of nitrogens with two attached hydrogens (primary N) is 1. The molecular weight excluding hydrogens is 224 g/mol. The van der Waals surface area contributed by atoms with Gasteiger partial charge in [0, 0.05) is 20.1 Å². The minimum absolute atomic E-state index is 0.513. The standard InChI is InChI=1S/C14H24N4/c1-17-7-5-12(6-8-17)11-18(2)14-4-3-13(9-15)16-10-14/h3-4,10,12H,5-9,11,15H2,1-2H3. The van der Waals surface area contributed by atoms with Gasteiger partial charge >= 0.3 is 0 Å². The van der Waals surface area contributed by atoms with Crippen LogP contribution < -0.4 is 10.6 Å². The maximum atomic E-state index is 5.56. The molecule has 2 heterocycles. The van der Waals surface area contributed by atoms with E-state index in [0.717, 1.165) is 18.2 Å². The average molecular weight is 248 g/mol. The monoisotopic (exact) mass is 248 g/mol. The van der Waals surface area contributed by atoms with Gasteiger partial charge < -0.3 is 15.5 Å². The van der Waals surface area contributed by atoms with E-state index in [9.17, 15) is 0 Å². The Bertz CT molecular complexity index is 355. The van der Waals surface area contributed by atoms with Gasteiger partial charge in [-0.2, -0.15) is 0 Å². The summed E-state index contributed by atoms with van der Waals surface area (Å²) in [6.45, 7) is 4.09. The number of pyridine rings is 1. The topological polar surface area (TPSA) is 45.4 Å². The molecule has 0 bridgehead atoms. The molecule has 0 atom stereocenters. The zero-order valence-electron chi connectivity index (χ0n) is 11.5. The van der Waals surface area contributed by atoms with E-state index in [2.05, 4.69) is 34.9 Å². The first-order valence-electron chi connectivity index (χ1n) is 6.73. The highest BCUT2D eigenvalue weighted by Crippen LogP contribution is 2.20. The summed E-state index contributed by atoms with van der Waals surface area (Å²) in [6.07, 6.45) is 4.53. The van der Waals surface area contributed by atoms with Gasteiger partial charge in [0.05, 0.1) is 17.6 Å². The SMILES string of the molecule is CN1CCC(CN(C)c2ccc(CN)nc2)CC1. The van der Waals surface area contributed by atoms with Crippen LogP contribution in [-0.2, 0) is 6.54 Å². The van der Waals surface area contributed by atoms with E-state index in [1.807, 2.05) is 12.3 Å². The van der Waals surface area contributed by atoms with Crippen LogP contribution in [0.1, 0.15) is 18.5 Å². The first-order valence-corrected chi connectivity index (χ1v) is 6.73. The minimum Gasteiger partial charge on any atom is -0.373 e. The summed E-state index contributed by atoms with van der Waals surface area (Å²) in [5, 5.41) is 0. The fourth-order valence-corrected chi connectivity index (χ4v) is 2.50. The predicted octanol–water partition coefficient (Wildman–Crippen LogP) is 1.32. The molecule has 18 heavy (non-hydrogen) atoms. The molecule has 0 amide bonds. The van der Waals surface area contributed by atoms with Gasteiger partial charge in [-0.1, -0.05) is 0 Å². The van der Waals surface area contributed by atoms with Crippen molar-refractivity contribution >= 4 is 5.69 Å². The van der Waals surface area contributed by atoms with E-state index < -0.39 is 0 Å². The third kappa shape index (κ3) is 3.43. The second-order valence-corrected chi connectivity index (χ2v) is 5.34. The van der Waals surface area contributed by atoms with Crippen molar-refractivity contribution in [3.05, 3.63) is 24.0 Å². The molecule has 1 aromatic rings. The van der Waals surface area contributed by atoms with Gasteiger partial charge in [0.25, 0.3) is 0 Å². The largest absolute Gasteiger partial charge is 0.373 e. The second-order valence-electron chi connectivity index (χ2n) is 5.34. The molecule has 0 aromatic carbocycles. The number of anilines is 1. The molecule has 4 heteroatoms. The third-order valence-corrected chi connectivity index (χ3v) is 3.83. The van der Waals surface area contributed by atoms with Gasteiger partial charge in [0.2, 0.25) is 0 Å². The van der Waals surface area contributed by atoms with Crippen LogP contribution in [0.3, 0.4) is 0 Å². The van der Waals surface area contributed by atoms with Crippen molar-refractivity contribution in [1.82, 2.24) is 9.88 Å². The number of hydrogen-bond acceptors (Lipinski definition) is 4. The number of piperidine rings is 1. The van der Waals surface area contributed by atoms with Gasteiger partial charge in [-0.3, -0.25) is 4.98 Å². The van der Waals surface area contributed by atoms with Crippen molar-refractivity contribution in [2.45, 2.75) is 19.4 Å². The van der Waals surface area contributed by atoms with Gasteiger partial charge in [0.15, 0.2) is 0 Å². The number of aromatic nitrogens is 1. The Morgan fingerprint density at radius 2 is 2.11 bits per heavy atom. The molecule has 0 radical (unpaired) electrons. The Morgan fingerprint density at radius 1 is 1.39 bits per heavy atom. The van der Waals surface area contributed by atoms with Crippen LogP contribution in [0.25, 0.3) is 0 Å². The number of likely N-dealkylation sites (tertiary alicyclic amines) is 1. The quantitative estimate of drug-likeness (QED) is 0.873. The molecule has 0 unspecified atom stereocenters. The summed E-state index contributed by atoms with van der Waals surface area (Å²) in [4.78, 5) is 9.07. The van der Waals surface area contributed by atoms with Gasteiger partial charge in [-0.25, -0.2) is 0 Å². The van der Waals surface area contributed by atoms with Gasteiger partial charge in [-0.05, 0) is 51.0 Å². The molecule has 0 aliphatic carbocycles.